The smallest absolute Gasteiger partial charge is 0.357 e. The number of carbonyl (C=O) groups excluding carboxylic acids is 4. The fourth-order valence-corrected chi connectivity index (χ4v) is 7.98. The summed E-state index contributed by atoms with van der Waals surface area (Å²) in [6, 6.07) is 15.9. The van der Waals surface area contributed by atoms with E-state index in [1.165, 1.54) is 47.8 Å². The van der Waals surface area contributed by atoms with Crippen molar-refractivity contribution in [3.05, 3.63) is 164 Å². The van der Waals surface area contributed by atoms with Crippen LogP contribution in [0.25, 0.3) is 17.1 Å². The number of cyclic esters (lactones) is 1. The van der Waals surface area contributed by atoms with Gasteiger partial charge >= 0.3 is 17.9 Å². The fraction of sp³-hybridized carbons (Fsp3) is 0.213. The number of nitriles is 1. The SMILES string of the molecule is C=C(C)Cc1ncn(-c2ccc(C#N)cc2Cl)c1C(=O)OCC.C=C(C)Cc1ncn(-c2ccc(C(N)=O)cc2Cl)c1C(=O)O.CC1(CI)Cc2ncn(-c3ccc(C(N)=O)cc3Cl)c2C(=O)O1. The highest BCUT2D eigenvalue weighted by atomic mass is 127. The van der Waals surface area contributed by atoms with Gasteiger partial charge in [0.2, 0.25) is 11.8 Å². The molecule has 3 aromatic carbocycles. The first-order chi connectivity index (χ1) is 32.1. The summed E-state index contributed by atoms with van der Waals surface area (Å²) in [6.07, 6.45) is 5.81. The van der Waals surface area contributed by atoms with Crippen molar-refractivity contribution in [3.63, 3.8) is 0 Å². The van der Waals surface area contributed by atoms with Crippen molar-refractivity contribution >= 4 is 87.1 Å². The van der Waals surface area contributed by atoms with E-state index in [-0.39, 0.29) is 22.9 Å². The van der Waals surface area contributed by atoms with Crippen LogP contribution in [0.3, 0.4) is 0 Å². The molecule has 3 aromatic heterocycles. The number of ether oxygens (including phenoxy) is 2. The number of rotatable bonds is 13. The predicted molar refractivity (Wildman–Crippen MR) is 264 cm³/mol. The molecule has 352 valence electrons. The van der Waals surface area contributed by atoms with Crippen LogP contribution >= 0.6 is 57.4 Å². The maximum atomic E-state index is 12.4. The lowest BCUT2D eigenvalue weighted by Crippen LogP contribution is -2.41. The van der Waals surface area contributed by atoms with Gasteiger partial charge in [-0.1, -0.05) is 81.7 Å². The summed E-state index contributed by atoms with van der Waals surface area (Å²) in [6.45, 7) is 15.2. The molecule has 0 fully saturated rings. The summed E-state index contributed by atoms with van der Waals surface area (Å²) >= 11 is 20.8. The van der Waals surface area contributed by atoms with Crippen LogP contribution in [-0.4, -0.2) is 80.1 Å². The Kier molecular flexibility index (Phi) is 17.1. The van der Waals surface area contributed by atoms with Gasteiger partial charge in [0.15, 0.2) is 17.1 Å². The van der Waals surface area contributed by atoms with Gasteiger partial charge in [-0.05, 0) is 82.3 Å². The van der Waals surface area contributed by atoms with Gasteiger partial charge in [0.25, 0.3) is 0 Å². The number of allylic oxidation sites excluding steroid dienone is 2. The fourth-order valence-electron chi connectivity index (χ4n) is 6.74. The van der Waals surface area contributed by atoms with Crippen molar-refractivity contribution in [2.24, 2.45) is 11.5 Å². The van der Waals surface area contributed by atoms with Crippen LogP contribution in [0.5, 0.6) is 0 Å². The van der Waals surface area contributed by atoms with E-state index in [0.29, 0.717) is 90.4 Å². The number of halogens is 4. The van der Waals surface area contributed by atoms with Crippen LogP contribution in [0.1, 0.15) is 103 Å². The standard InChI is InChI=1S/C17H16ClN3O2.C15H13ClIN3O3.C15H14ClN3O3/c1-4-23-17(22)16-14(7-11(2)3)20-10-21(16)15-6-5-12(9-19)8-13(15)18;1-15(6-17)5-10-12(14(22)23-15)20(7-19-10)11-3-2-8(13(18)21)4-9(11)16;1-8(2)5-11-13(15(21)22)19(7-18-11)12-4-3-9(14(17)20)6-10(12)16/h5-6,8,10H,2,4,7H2,1,3H3;2-4,7H,5-6H2,1H3,(H2,18,21);3-4,6-7H,1,5H2,2H3,(H2,17,20)(H,21,22). The molecule has 0 saturated carbocycles. The summed E-state index contributed by atoms with van der Waals surface area (Å²) < 4.78 is 15.9. The molecular weight excluding hydrogens is 1050 g/mol. The van der Waals surface area contributed by atoms with Crippen molar-refractivity contribution in [2.75, 3.05) is 11.0 Å². The quantitative estimate of drug-likeness (QED) is 0.0425. The number of carboxylic acid groups (broad SMARTS) is 1. The summed E-state index contributed by atoms with van der Waals surface area (Å²) in [5.74, 6) is -3.20. The molecule has 1 unspecified atom stereocenters. The molecule has 2 amide bonds. The van der Waals surface area contributed by atoms with Gasteiger partial charge in [-0.2, -0.15) is 5.26 Å². The average Bonchev–Trinajstić information content (AvgIpc) is 4.01. The van der Waals surface area contributed by atoms with Gasteiger partial charge in [-0.25, -0.2) is 29.3 Å². The second kappa shape index (κ2) is 22.3. The number of carbonyl (C=O) groups is 5. The highest BCUT2D eigenvalue weighted by Crippen LogP contribution is 2.33. The van der Waals surface area contributed by atoms with Crippen molar-refractivity contribution in [3.8, 4) is 23.1 Å². The van der Waals surface area contributed by atoms with Crippen LogP contribution < -0.4 is 11.5 Å². The lowest BCUT2D eigenvalue weighted by atomic mass is 9.98. The molecular formula is C47H43Cl3IN9O8. The molecule has 0 saturated heterocycles. The van der Waals surface area contributed by atoms with Crippen LogP contribution in [0, 0.1) is 11.3 Å². The molecule has 5 N–H and O–H groups in total. The van der Waals surface area contributed by atoms with E-state index in [1.807, 2.05) is 19.9 Å². The number of hydrogen-bond acceptors (Lipinski definition) is 11. The molecule has 1 aliphatic heterocycles. The Balaban J connectivity index is 0.000000191. The van der Waals surface area contributed by atoms with Crippen LogP contribution in [-0.2, 0) is 28.7 Å². The zero-order chi connectivity index (χ0) is 50.2. The van der Waals surface area contributed by atoms with Gasteiger partial charge in [0, 0.05) is 34.8 Å². The van der Waals surface area contributed by atoms with Crippen LogP contribution in [0.4, 0.5) is 0 Å². The lowest BCUT2D eigenvalue weighted by molar-refractivity contribution is -0.00463. The van der Waals surface area contributed by atoms with E-state index < -0.39 is 35.3 Å². The third-order valence-electron chi connectivity index (χ3n) is 9.82. The molecule has 0 radical (unpaired) electrons. The van der Waals surface area contributed by atoms with Crippen LogP contribution in [0.2, 0.25) is 15.1 Å². The lowest BCUT2D eigenvalue weighted by Gasteiger charge is -2.31. The molecule has 1 atom stereocenters. The zero-order valence-corrected chi connectivity index (χ0v) is 41.4. The van der Waals surface area contributed by atoms with E-state index in [4.69, 9.17) is 61.0 Å². The van der Waals surface area contributed by atoms with Gasteiger partial charge in [0.05, 0.1) is 67.5 Å². The maximum Gasteiger partial charge on any atom is 0.357 e. The molecule has 0 bridgehead atoms. The Labute approximate surface area is 419 Å². The Morgan fingerprint density at radius 2 is 1.29 bits per heavy atom. The van der Waals surface area contributed by atoms with E-state index in [2.05, 4.69) is 50.7 Å². The molecule has 0 aliphatic carbocycles. The molecule has 4 heterocycles. The number of primary amides is 2. The molecule has 0 spiro atoms. The van der Waals surface area contributed by atoms with E-state index in [1.54, 1.807) is 53.3 Å². The number of amides is 2. The number of benzene rings is 3. The summed E-state index contributed by atoms with van der Waals surface area (Å²) in [5, 5.41) is 19.2. The largest absolute Gasteiger partial charge is 0.477 e. The number of aromatic nitrogens is 6. The highest BCUT2D eigenvalue weighted by Gasteiger charge is 2.39. The first-order valence-corrected chi connectivity index (χ1v) is 22.9. The van der Waals surface area contributed by atoms with Gasteiger partial charge < -0.3 is 26.0 Å². The molecule has 7 rings (SSSR count). The number of aromatic carboxylic acids is 1. The minimum atomic E-state index is -1.12. The summed E-state index contributed by atoms with van der Waals surface area (Å²) in [5.41, 5.74) is 16.4. The second-order valence-electron chi connectivity index (χ2n) is 15.5. The number of nitrogens with zero attached hydrogens (tertiary/aromatic N) is 7. The normalized spacial score (nSPS) is 13.6. The van der Waals surface area contributed by atoms with Crippen LogP contribution in [0.15, 0.2) is 97.9 Å². The number of nitrogens with two attached hydrogens (primary N) is 2. The topological polar surface area (TPSA) is 253 Å². The number of imidazole rings is 3. The Morgan fingerprint density at radius 3 is 1.74 bits per heavy atom. The van der Waals surface area contributed by atoms with Gasteiger partial charge in [-0.3, -0.25) is 23.3 Å². The van der Waals surface area contributed by atoms with Gasteiger partial charge in [0.1, 0.15) is 24.6 Å². The van der Waals surface area contributed by atoms with Crippen molar-refractivity contribution in [1.29, 1.82) is 5.26 Å². The van der Waals surface area contributed by atoms with E-state index >= 15 is 0 Å². The Hall–Kier alpha value is -6.79. The number of alkyl halides is 1. The van der Waals surface area contributed by atoms with Gasteiger partial charge in [-0.15, -0.1) is 0 Å². The monoisotopic (exact) mass is 1090 g/mol. The summed E-state index contributed by atoms with van der Waals surface area (Å²) in [4.78, 5) is 71.4. The second-order valence-corrected chi connectivity index (χ2v) is 17.5. The minimum Gasteiger partial charge on any atom is -0.477 e. The molecule has 68 heavy (non-hydrogen) atoms. The molecule has 21 heteroatoms. The third-order valence-corrected chi connectivity index (χ3v) is 12.3. The zero-order valence-electron chi connectivity index (χ0n) is 37.0. The highest BCUT2D eigenvalue weighted by molar-refractivity contribution is 14.1. The minimum absolute atomic E-state index is 0.0109. The first-order valence-electron chi connectivity index (χ1n) is 20.2. The number of carboxylic acids is 1. The first kappa shape index (κ1) is 52.2. The number of esters is 2. The summed E-state index contributed by atoms with van der Waals surface area (Å²) in [7, 11) is 0. The van der Waals surface area contributed by atoms with E-state index in [0.717, 1.165) is 11.1 Å². The third kappa shape index (κ3) is 12.0. The Morgan fingerprint density at radius 1 is 0.824 bits per heavy atom. The van der Waals surface area contributed by atoms with Crippen molar-refractivity contribution in [1.82, 2.24) is 28.7 Å². The maximum absolute atomic E-state index is 12.4. The Bertz CT molecular complexity index is 3040. The molecule has 6 aromatic rings. The average molecular weight is 1100 g/mol. The molecule has 17 nitrogen and oxygen atoms in total. The van der Waals surface area contributed by atoms with Crippen molar-refractivity contribution in [2.45, 2.75) is 52.6 Å². The predicted octanol–water partition coefficient (Wildman–Crippen LogP) is 8.67. The number of hydrogen-bond donors (Lipinski definition) is 3. The molecule has 1 aliphatic rings. The van der Waals surface area contributed by atoms with Crippen molar-refractivity contribution < 1.29 is 38.6 Å². The van der Waals surface area contributed by atoms with E-state index in [9.17, 15) is 29.1 Å². The number of fused-ring (bicyclic) bond motifs is 1.